The minimum atomic E-state index is 0.655. The molecule has 2 aliphatic rings. The van der Waals surface area contributed by atoms with Crippen molar-refractivity contribution in [1.82, 2.24) is 4.57 Å². The van der Waals surface area contributed by atoms with E-state index < -0.39 is 0 Å². The molecule has 0 radical (unpaired) electrons. The van der Waals surface area contributed by atoms with Crippen LogP contribution >= 0.6 is 11.3 Å². The number of thiophene rings is 1. The molecule has 11 rings (SSSR count). The number of hydrogen-bond acceptors (Lipinski definition) is 2. The monoisotopic (exact) mass is 656 g/mol. The van der Waals surface area contributed by atoms with Crippen LogP contribution in [0.25, 0.3) is 64.9 Å². The Morgan fingerprint density at radius 1 is 0.560 bits per heavy atom. The topological polar surface area (TPSA) is 8.17 Å². The molecule has 2 aromatic heterocycles. The lowest BCUT2D eigenvalue weighted by atomic mass is 9.94. The predicted molar refractivity (Wildman–Crippen MR) is 214 cm³/mol. The van der Waals surface area contributed by atoms with Crippen molar-refractivity contribution in [2.24, 2.45) is 5.92 Å². The van der Waals surface area contributed by atoms with Gasteiger partial charge in [-0.25, -0.2) is 0 Å². The third-order valence-corrected chi connectivity index (χ3v) is 12.0. The third-order valence-electron chi connectivity index (χ3n) is 10.9. The smallest absolute Gasteiger partial charge is 0.0541 e. The van der Waals surface area contributed by atoms with Crippen molar-refractivity contribution in [3.8, 4) is 16.8 Å². The lowest BCUT2D eigenvalue weighted by molar-refractivity contribution is 0.994. The molecule has 2 nitrogen and oxygen atoms in total. The lowest BCUT2D eigenvalue weighted by Crippen LogP contribution is -2.13. The number of nitrogens with zero attached hydrogens (tertiary/aromatic N) is 2. The van der Waals surface area contributed by atoms with Crippen LogP contribution in [0.15, 0.2) is 164 Å². The summed E-state index contributed by atoms with van der Waals surface area (Å²) in [5, 5.41) is 5.18. The maximum absolute atomic E-state index is 2.47. The van der Waals surface area contributed by atoms with Crippen molar-refractivity contribution in [2.75, 3.05) is 4.90 Å². The summed E-state index contributed by atoms with van der Waals surface area (Å²) in [6.45, 7) is 0. The molecule has 2 atom stereocenters. The minimum Gasteiger partial charge on any atom is -0.309 e. The van der Waals surface area contributed by atoms with Crippen LogP contribution in [0.2, 0.25) is 0 Å². The van der Waals surface area contributed by atoms with Gasteiger partial charge in [-0.3, -0.25) is 0 Å². The Morgan fingerprint density at radius 2 is 1.32 bits per heavy atom. The van der Waals surface area contributed by atoms with Gasteiger partial charge in [0.15, 0.2) is 0 Å². The molecule has 1 saturated carbocycles. The van der Waals surface area contributed by atoms with Gasteiger partial charge < -0.3 is 9.47 Å². The van der Waals surface area contributed by atoms with Crippen molar-refractivity contribution < 1.29 is 0 Å². The quantitative estimate of drug-likeness (QED) is 0.179. The second-order valence-corrected chi connectivity index (χ2v) is 14.8. The Balaban J connectivity index is 1.10. The zero-order valence-corrected chi connectivity index (χ0v) is 28.1. The number of allylic oxidation sites excluding steroid dienone is 1. The summed E-state index contributed by atoms with van der Waals surface area (Å²) in [5.74, 6) is 1.36. The number of aromatic nitrogens is 1. The van der Waals surface area contributed by atoms with Crippen molar-refractivity contribution in [3.05, 3.63) is 175 Å². The van der Waals surface area contributed by atoms with E-state index in [1.54, 1.807) is 0 Å². The van der Waals surface area contributed by atoms with Gasteiger partial charge in [0, 0.05) is 53.4 Å². The molecule has 236 valence electrons. The fraction of sp³-hybridized carbons (Fsp3) is 0.0638. The van der Waals surface area contributed by atoms with Gasteiger partial charge in [0.2, 0.25) is 0 Å². The maximum Gasteiger partial charge on any atom is 0.0541 e. The Kier molecular flexibility index (Phi) is 6.05. The summed E-state index contributed by atoms with van der Waals surface area (Å²) in [7, 11) is 0. The van der Waals surface area contributed by atoms with Gasteiger partial charge in [-0.2, -0.15) is 0 Å². The molecule has 0 bridgehead atoms. The zero-order valence-electron chi connectivity index (χ0n) is 27.3. The predicted octanol–water partition coefficient (Wildman–Crippen LogP) is 13.4. The van der Waals surface area contributed by atoms with E-state index in [9.17, 15) is 0 Å². The largest absolute Gasteiger partial charge is 0.309 e. The minimum absolute atomic E-state index is 0.655. The van der Waals surface area contributed by atoms with Gasteiger partial charge >= 0.3 is 0 Å². The van der Waals surface area contributed by atoms with Crippen LogP contribution in [0.1, 0.15) is 23.5 Å². The molecule has 0 saturated heterocycles. The van der Waals surface area contributed by atoms with Crippen molar-refractivity contribution in [3.63, 3.8) is 0 Å². The summed E-state index contributed by atoms with van der Waals surface area (Å²) >= 11 is 1.87. The van der Waals surface area contributed by atoms with E-state index in [1.165, 1.54) is 87.7 Å². The van der Waals surface area contributed by atoms with Crippen LogP contribution in [0, 0.1) is 5.92 Å². The summed E-state index contributed by atoms with van der Waals surface area (Å²) in [6, 6.07) is 58.2. The third kappa shape index (κ3) is 4.20. The zero-order chi connectivity index (χ0) is 32.8. The van der Waals surface area contributed by atoms with Gasteiger partial charge in [-0.1, -0.05) is 109 Å². The Bertz CT molecular complexity index is 2820. The Morgan fingerprint density at radius 3 is 2.26 bits per heavy atom. The molecule has 0 N–H and O–H groups in total. The number of para-hydroxylation sites is 3. The molecule has 50 heavy (non-hydrogen) atoms. The van der Waals surface area contributed by atoms with E-state index in [0.29, 0.717) is 11.8 Å². The molecular weight excluding hydrogens is 625 g/mol. The Hall–Kier alpha value is -5.90. The highest BCUT2D eigenvalue weighted by molar-refractivity contribution is 7.25. The standard InChI is InChI=1S/C47H32N2S/c1-2-11-32(12-3-1)48(44-19-10-16-35-37(44)24-21-31-27-40(31)35)42-17-7-4-13-34(42)30-22-26-45-41(28-30)36-14-5-8-18-43(36)49(45)33-23-25-39-38-15-6-9-20-46(38)50-47(39)29-33/h1-26,28-29,31,40H,27H2. The van der Waals surface area contributed by atoms with Crippen LogP contribution in [0.3, 0.4) is 0 Å². The Labute approximate surface area is 294 Å². The van der Waals surface area contributed by atoms with Gasteiger partial charge in [-0.05, 0) is 90.0 Å². The van der Waals surface area contributed by atoms with E-state index in [-0.39, 0.29) is 0 Å². The number of hydrogen-bond donors (Lipinski definition) is 0. The highest BCUT2D eigenvalue weighted by Gasteiger charge is 2.40. The SMILES string of the molecule is C1=CC2CC2c2cccc(N(c3ccccc3)c3ccccc3-c3ccc4c(c3)c3ccccc3n4-c3ccc4c(c3)sc3ccccc34)c21. The second-order valence-electron chi connectivity index (χ2n) is 13.7. The molecule has 0 aliphatic heterocycles. The number of fused-ring (bicyclic) bond motifs is 9. The molecule has 9 aromatic rings. The van der Waals surface area contributed by atoms with Crippen LogP contribution in [0.5, 0.6) is 0 Å². The lowest BCUT2D eigenvalue weighted by Gasteiger charge is -2.30. The highest BCUT2D eigenvalue weighted by atomic mass is 32.1. The normalized spacial score (nSPS) is 16.2. The molecule has 2 aliphatic carbocycles. The molecule has 2 heterocycles. The molecule has 7 aromatic carbocycles. The van der Waals surface area contributed by atoms with E-state index in [1.807, 2.05) is 11.3 Å². The summed E-state index contributed by atoms with van der Waals surface area (Å²) in [5.41, 5.74) is 12.5. The van der Waals surface area contributed by atoms with E-state index in [2.05, 4.69) is 179 Å². The summed E-state index contributed by atoms with van der Waals surface area (Å²) in [6.07, 6.45) is 6.06. The summed E-state index contributed by atoms with van der Waals surface area (Å²) in [4.78, 5) is 2.47. The molecule has 1 fully saturated rings. The molecular formula is C47H32N2S. The number of anilines is 3. The van der Waals surface area contributed by atoms with Crippen LogP contribution < -0.4 is 4.90 Å². The van der Waals surface area contributed by atoms with Gasteiger partial charge in [0.25, 0.3) is 0 Å². The van der Waals surface area contributed by atoms with Crippen LogP contribution in [-0.2, 0) is 0 Å². The fourth-order valence-corrected chi connectivity index (χ4v) is 9.58. The first-order valence-corrected chi connectivity index (χ1v) is 18.3. The summed E-state index contributed by atoms with van der Waals surface area (Å²) < 4.78 is 5.09. The first-order valence-electron chi connectivity index (χ1n) is 17.5. The molecule has 0 amide bonds. The molecule has 2 unspecified atom stereocenters. The fourth-order valence-electron chi connectivity index (χ4n) is 8.45. The van der Waals surface area contributed by atoms with Crippen LogP contribution in [0.4, 0.5) is 17.1 Å². The average molecular weight is 657 g/mol. The highest BCUT2D eigenvalue weighted by Crippen LogP contribution is 2.55. The molecule has 3 heteroatoms. The number of rotatable bonds is 5. The first kappa shape index (κ1) is 28.0. The maximum atomic E-state index is 2.47. The number of benzene rings is 7. The van der Waals surface area contributed by atoms with Crippen molar-refractivity contribution >= 4 is 76.5 Å². The van der Waals surface area contributed by atoms with E-state index in [0.717, 1.165) is 5.69 Å². The van der Waals surface area contributed by atoms with Gasteiger partial charge in [-0.15, -0.1) is 11.3 Å². The van der Waals surface area contributed by atoms with Crippen molar-refractivity contribution in [2.45, 2.75) is 12.3 Å². The molecule has 0 spiro atoms. The van der Waals surface area contributed by atoms with Gasteiger partial charge in [0.1, 0.15) is 0 Å². The first-order chi connectivity index (χ1) is 24.8. The van der Waals surface area contributed by atoms with E-state index >= 15 is 0 Å². The van der Waals surface area contributed by atoms with Crippen LogP contribution in [-0.4, -0.2) is 4.57 Å². The van der Waals surface area contributed by atoms with E-state index in [4.69, 9.17) is 0 Å². The average Bonchev–Trinajstić information content (AvgIpc) is 3.79. The second kappa shape index (κ2) is 10.8. The van der Waals surface area contributed by atoms with Crippen molar-refractivity contribution in [1.29, 1.82) is 0 Å². The van der Waals surface area contributed by atoms with Gasteiger partial charge in [0.05, 0.1) is 22.4 Å².